The quantitative estimate of drug-likeness (QED) is 0.817. The summed E-state index contributed by atoms with van der Waals surface area (Å²) in [6.45, 7) is 6.43. The molecule has 1 aromatic carbocycles. The van der Waals surface area contributed by atoms with Gasteiger partial charge in [-0.2, -0.15) is 13.2 Å². The number of nitrogens with two attached hydrogens (primary N) is 1. The molecule has 0 spiro atoms. The van der Waals surface area contributed by atoms with E-state index in [1.165, 1.54) is 18.5 Å². The van der Waals surface area contributed by atoms with E-state index >= 15 is 0 Å². The fourth-order valence-electron chi connectivity index (χ4n) is 2.97. The van der Waals surface area contributed by atoms with Crippen molar-refractivity contribution < 1.29 is 13.2 Å². The molecule has 1 aliphatic heterocycles. The van der Waals surface area contributed by atoms with Gasteiger partial charge in [0.1, 0.15) is 12.0 Å². The van der Waals surface area contributed by atoms with Crippen LogP contribution in [0.5, 0.6) is 0 Å². The number of rotatable bonds is 4. The maximum atomic E-state index is 13.0. The molecule has 0 atom stereocenters. The number of alkyl halides is 3. The van der Waals surface area contributed by atoms with Crippen molar-refractivity contribution >= 4 is 34.6 Å². The zero-order valence-corrected chi connectivity index (χ0v) is 15.5. The number of nitrogen functional groups attached to an aromatic ring is 1. The number of hydrogen-bond acceptors (Lipinski definition) is 6. The number of nitrogens with one attached hydrogen (secondary N) is 1. The van der Waals surface area contributed by atoms with Gasteiger partial charge in [-0.05, 0) is 24.7 Å². The first kappa shape index (κ1) is 19.5. The second kappa shape index (κ2) is 7.77. The van der Waals surface area contributed by atoms with Crippen LogP contribution in [0.25, 0.3) is 0 Å². The van der Waals surface area contributed by atoms with Crippen LogP contribution in [0.1, 0.15) is 12.5 Å². The van der Waals surface area contributed by atoms with Crippen molar-refractivity contribution in [1.82, 2.24) is 14.9 Å². The molecule has 3 N–H and O–H groups in total. The lowest BCUT2D eigenvalue weighted by atomic mass is 10.2. The molecule has 6 nitrogen and oxygen atoms in total. The average Bonchev–Trinajstić information content (AvgIpc) is 2.64. The van der Waals surface area contributed by atoms with Gasteiger partial charge in [0.25, 0.3) is 0 Å². The molecule has 2 aromatic rings. The number of halogens is 4. The lowest BCUT2D eigenvalue weighted by molar-refractivity contribution is -0.137. The van der Waals surface area contributed by atoms with Crippen LogP contribution in [0.4, 0.5) is 36.2 Å². The van der Waals surface area contributed by atoms with Gasteiger partial charge in [-0.1, -0.05) is 18.5 Å². The third-order valence-corrected chi connectivity index (χ3v) is 4.85. The number of anilines is 4. The molecule has 27 heavy (non-hydrogen) atoms. The molecular formula is C17H20ClF3N6. The number of benzene rings is 1. The molecule has 1 aliphatic rings. The Hall–Kier alpha value is -2.26. The minimum absolute atomic E-state index is 0.193. The predicted octanol–water partition coefficient (Wildman–Crippen LogP) is 3.62. The van der Waals surface area contributed by atoms with E-state index < -0.39 is 11.7 Å². The Labute approximate surface area is 160 Å². The van der Waals surface area contributed by atoms with E-state index in [0.717, 1.165) is 38.8 Å². The second-order valence-corrected chi connectivity index (χ2v) is 6.61. The van der Waals surface area contributed by atoms with Gasteiger partial charge in [0.05, 0.1) is 10.6 Å². The summed E-state index contributed by atoms with van der Waals surface area (Å²) in [5.74, 6) is 0.835. The minimum Gasteiger partial charge on any atom is -0.393 e. The normalized spacial score (nSPS) is 15.8. The summed E-state index contributed by atoms with van der Waals surface area (Å²) >= 11 is 5.66. The molecule has 146 valence electrons. The predicted molar refractivity (Wildman–Crippen MR) is 101 cm³/mol. The van der Waals surface area contributed by atoms with E-state index in [0.29, 0.717) is 11.5 Å². The van der Waals surface area contributed by atoms with E-state index in [4.69, 9.17) is 17.3 Å². The van der Waals surface area contributed by atoms with Gasteiger partial charge in [-0.15, -0.1) is 0 Å². The van der Waals surface area contributed by atoms with Gasteiger partial charge in [-0.25, -0.2) is 9.97 Å². The number of likely N-dealkylation sites (N-methyl/N-ethyl adjacent to an activating group) is 1. The van der Waals surface area contributed by atoms with Crippen LogP contribution in [-0.4, -0.2) is 47.6 Å². The SMILES string of the molecule is CCN1CCN(c2ncnc(Nc3ccc(Cl)c(C(F)(F)F)c3)c2N)CC1. The van der Waals surface area contributed by atoms with Crippen molar-refractivity contribution in [3.8, 4) is 0 Å². The first-order valence-electron chi connectivity index (χ1n) is 8.51. The van der Waals surface area contributed by atoms with Crippen molar-refractivity contribution in [2.24, 2.45) is 0 Å². The highest BCUT2D eigenvalue weighted by atomic mass is 35.5. The second-order valence-electron chi connectivity index (χ2n) is 6.20. The van der Waals surface area contributed by atoms with Crippen LogP contribution in [-0.2, 0) is 6.18 Å². The van der Waals surface area contributed by atoms with Gasteiger partial charge in [0.15, 0.2) is 11.6 Å². The Morgan fingerprint density at radius 1 is 1.19 bits per heavy atom. The molecule has 0 amide bonds. The largest absolute Gasteiger partial charge is 0.417 e. The molecule has 1 saturated heterocycles. The van der Waals surface area contributed by atoms with Crippen molar-refractivity contribution in [3.63, 3.8) is 0 Å². The number of aromatic nitrogens is 2. The lowest BCUT2D eigenvalue weighted by Gasteiger charge is -2.35. The molecule has 0 saturated carbocycles. The molecule has 0 radical (unpaired) electrons. The Morgan fingerprint density at radius 3 is 2.52 bits per heavy atom. The highest BCUT2D eigenvalue weighted by Crippen LogP contribution is 2.37. The van der Waals surface area contributed by atoms with Crippen LogP contribution in [0.3, 0.4) is 0 Å². The minimum atomic E-state index is -4.55. The Morgan fingerprint density at radius 2 is 1.89 bits per heavy atom. The van der Waals surface area contributed by atoms with E-state index in [2.05, 4.69) is 32.0 Å². The van der Waals surface area contributed by atoms with Crippen molar-refractivity contribution in [2.45, 2.75) is 13.1 Å². The monoisotopic (exact) mass is 400 g/mol. The standard InChI is InChI=1S/C17H20ClF3N6/c1-2-26-5-7-27(8-6-26)16-14(22)15(23-10-24-16)25-11-3-4-13(18)12(9-11)17(19,20)21/h3-4,9-10H,2,5-8,22H2,1H3,(H,23,24,25). The van der Waals surface area contributed by atoms with Gasteiger partial charge >= 0.3 is 6.18 Å². The molecule has 1 fully saturated rings. The molecule has 0 unspecified atom stereocenters. The van der Waals surface area contributed by atoms with Crippen LogP contribution in [0, 0.1) is 0 Å². The van der Waals surface area contributed by atoms with E-state index in [1.54, 1.807) is 0 Å². The van der Waals surface area contributed by atoms with E-state index in [9.17, 15) is 13.2 Å². The summed E-state index contributed by atoms with van der Waals surface area (Å²) in [5.41, 5.74) is 5.76. The summed E-state index contributed by atoms with van der Waals surface area (Å²) in [6.07, 6.45) is -3.20. The first-order chi connectivity index (χ1) is 12.8. The third kappa shape index (κ3) is 4.36. The molecule has 0 aliphatic carbocycles. The van der Waals surface area contributed by atoms with Crippen LogP contribution in [0.2, 0.25) is 5.02 Å². The maximum absolute atomic E-state index is 13.0. The Bertz CT molecular complexity index is 806. The molecule has 0 bridgehead atoms. The van der Waals surface area contributed by atoms with E-state index in [-0.39, 0.29) is 16.5 Å². The average molecular weight is 401 g/mol. The van der Waals surface area contributed by atoms with Crippen LogP contribution in [0.15, 0.2) is 24.5 Å². The molecule has 2 heterocycles. The molecule has 10 heteroatoms. The zero-order valence-electron chi connectivity index (χ0n) is 14.7. The number of hydrogen-bond donors (Lipinski definition) is 2. The van der Waals surface area contributed by atoms with E-state index in [1.807, 2.05) is 0 Å². The Balaban J connectivity index is 1.83. The van der Waals surface area contributed by atoms with Gasteiger partial charge in [0, 0.05) is 31.9 Å². The van der Waals surface area contributed by atoms with Crippen molar-refractivity contribution in [1.29, 1.82) is 0 Å². The fourth-order valence-corrected chi connectivity index (χ4v) is 3.20. The molecule has 1 aromatic heterocycles. The maximum Gasteiger partial charge on any atom is 0.417 e. The third-order valence-electron chi connectivity index (χ3n) is 4.52. The molecule has 3 rings (SSSR count). The summed E-state index contributed by atoms with van der Waals surface area (Å²) in [6, 6.07) is 3.57. The zero-order chi connectivity index (χ0) is 19.6. The van der Waals surface area contributed by atoms with Crippen LogP contribution < -0.4 is 16.0 Å². The number of nitrogens with zero attached hydrogens (tertiary/aromatic N) is 4. The summed E-state index contributed by atoms with van der Waals surface area (Å²) in [5, 5.41) is 2.48. The van der Waals surface area contributed by atoms with Gasteiger partial charge < -0.3 is 20.9 Å². The highest BCUT2D eigenvalue weighted by molar-refractivity contribution is 6.31. The van der Waals surface area contributed by atoms with Crippen LogP contribution >= 0.6 is 11.6 Å². The topological polar surface area (TPSA) is 70.3 Å². The first-order valence-corrected chi connectivity index (χ1v) is 8.89. The summed E-state index contributed by atoms with van der Waals surface area (Å²) in [7, 11) is 0. The lowest BCUT2D eigenvalue weighted by Crippen LogP contribution is -2.46. The summed E-state index contributed by atoms with van der Waals surface area (Å²) < 4.78 is 39.1. The number of piperazine rings is 1. The highest BCUT2D eigenvalue weighted by Gasteiger charge is 2.33. The van der Waals surface area contributed by atoms with Crippen molar-refractivity contribution in [2.75, 3.05) is 48.7 Å². The van der Waals surface area contributed by atoms with Gasteiger partial charge in [-0.3, -0.25) is 0 Å². The molecular weight excluding hydrogens is 381 g/mol. The summed E-state index contributed by atoms with van der Waals surface area (Å²) in [4.78, 5) is 12.7. The smallest absolute Gasteiger partial charge is 0.393 e. The van der Waals surface area contributed by atoms with Crippen molar-refractivity contribution in [3.05, 3.63) is 35.1 Å². The Kier molecular flexibility index (Phi) is 5.61. The fraction of sp³-hybridized carbons (Fsp3) is 0.412. The van der Waals surface area contributed by atoms with Gasteiger partial charge in [0.2, 0.25) is 0 Å².